The number of rotatable bonds is 9. The molecule has 0 aliphatic rings. The molecule has 5 heteroatoms. The molecule has 0 bridgehead atoms. The summed E-state index contributed by atoms with van der Waals surface area (Å²) in [5.41, 5.74) is 2.32. The highest BCUT2D eigenvalue weighted by molar-refractivity contribution is 5.94. The molecule has 0 N–H and O–H groups in total. The second-order valence-electron chi connectivity index (χ2n) is 7.46. The number of nitrogens with zero attached hydrogens (tertiary/aromatic N) is 1. The van der Waals surface area contributed by atoms with Gasteiger partial charge in [0.05, 0.1) is 7.11 Å². The molecule has 3 rings (SSSR count). The highest BCUT2D eigenvalue weighted by Crippen LogP contribution is 2.30. The minimum atomic E-state index is -0.420. The Hall–Kier alpha value is -3.34. The van der Waals surface area contributed by atoms with E-state index < -0.39 is 5.82 Å². The van der Waals surface area contributed by atoms with Crippen LogP contribution in [0.15, 0.2) is 72.8 Å². The number of hydrogen-bond acceptors (Lipinski definition) is 3. The smallest absolute Gasteiger partial charge is 0.254 e. The third-order valence-electron chi connectivity index (χ3n) is 5.27. The van der Waals surface area contributed by atoms with Crippen LogP contribution >= 0.6 is 0 Å². The van der Waals surface area contributed by atoms with Crippen LogP contribution in [0.1, 0.15) is 41.8 Å². The highest BCUT2D eigenvalue weighted by atomic mass is 19.1. The van der Waals surface area contributed by atoms with E-state index in [1.54, 1.807) is 24.1 Å². The van der Waals surface area contributed by atoms with E-state index >= 15 is 0 Å². The van der Waals surface area contributed by atoms with Crippen LogP contribution in [0, 0.1) is 5.82 Å². The van der Waals surface area contributed by atoms with Crippen molar-refractivity contribution in [3.63, 3.8) is 0 Å². The summed E-state index contributed by atoms with van der Waals surface area (Å²) in [4.78, 5) is 14.8. The van der Waals surface area contributed by atoms with E-state index in [0.29, 0.717) is 30.2 Å². The second kappa shape index (κ2) is 10.6. The Morgan fingerprint density at radius 1 is 0.968 bits per heavy atom. The Morgan fingerprint density at radius 2 is 1.74 bits per heavy atom. The number of methoxy groups -OCH3 is 1. The van der Waals surface area contributed by atoms with Crippen LogP contribution in [-0.2, 0) is 13.2 Å². The van der Waals surface area contributed by atoms with Gasteiger partial charge in [-0.25, -0.2) is 4.39 Å². The van der Waals surface area contributed by atoms with Gasteiger partial charge in [-0.1, -0.05) is 49.4 Å². The van der Waals surface area contributed by atoms with Crippen molar-refractivity contribution in [2.75, 3.05) is 7.11 Å². The summed E-state index contributed by atoms with van der Waals surface area (Å²) in [5, 5.41) is 0. The molecule has 0 saturated carbocycles. The summed E-state index contributed by atoms with van der Waals surface area (Å²) < 4.78 is 25.1. The van der Waals surface area contributed by atoms with Crippen molar-refractivity contribution >= 4 is 5.91 Å². The molecule has 4 nitrogen and oxygen atoms in total. The first kappa shape index (κ1) is 22.3. The SMILES string of the molecule is CCC(C)N(Cc1ccc(OCc2ccccc2)c(OC)c1)C(=O)c1cccc(F)c1. The van der Waals surface area contributed by atoms with Gasteiger partial charge < -0.3 is 14.4 Å². The molecule has 3 aromatic carbocycles. The van der Waals surface area contributed by atoms with Crippen LogP contribution < -0.4 is 9.47 Å². The van der Waals surface area contributed by atoms with E-state index in [1.165, 1.54) is 12.1 Å². The number of hydrogen-bond donors (Lipinski definition) is 0. The van der Waals surface area contributed by atoms with Crippen molar-refractivity contribution in [3.8, 4) is 11.5 Å². The normalized spacial score (nSPS) is 11.6. The van der Waals surface area contributed by atoms with Gasteiger partial charge in [-0.05, 0) is 54.8 Å². The third-order valence-corrected chi connectivity index (χ3v) is 5.27. The minimum Gasteiger partial charge on any atom is -0.493 e. The Balaban J connectivity index is 1.78. The lowest BCUT2D eigenvalue weighted by Gasteiger charge is -2.29. The number of ether oxygens (including phenoxy) is 2. The molecule has 1 unspecified atom stereocenters. The van der Waals surface area contributed by atoms with E-state index in [-0.39, 0.29) is 11.9 Å². The summed E-state index contributed by atoms with van der Waals surface area (Å²) in [6, 6.07) is 21.4. The van der Waals surface area contributed by atoms with Crippen molar-refractivity contribution in [2.45, 2.75) is 39.5 Å². The second-order valence-corrected chi connectivity index (χ2v) is 7.46. The lowest BCUT2D eigenvalue weighted by molar-refractivity contribution is 0.0671. The quantitative estimate of drug-likeness (QED) is 0.435. The molecular formula is C26H28FNO3. The molecule has 0 heterocycles. The predicted molar refractivity (Wildman–Crippen MR) is 120 cm³/mol. The van der Waals surface area contributed by atoms with Crippen LogP contribution in [0.25, 0.3) is 0 Å². The Bertz CT molecular complexity index is 1010. The number of carbonyl (C=O) groups is 1. The lowest BCUT2D eigenvalue weighted by Crippen LogP contribution is -2.37. The summed E-state index contributed by atoms with van der Waals surface area (Å²) in [7, 11) is 1.60. The van der Waals surface area contributed by atoms with Gasteiger partial charge in [0, 0.05) is 18.2 Å². The van der Waals surface area contributed by atoms with Crippen LogP contribution in [0.3, 0.4) is 0 Å². The summed E-state index contributed by atoms with van der Waals surface area (Å²) >= 11 is 0. The zero-order chi connectivity index (χ0) is 22.2. The van der Waals surface area contributed by atoms with Crippen molar-refractivity contribution in [1.29, 1.82) is 0 Å². The fraction of sp³-hybridized carbons (Fsp3) is 0.269. The molecule has 0 aliphatic heterocycles. The maximum absolute atomic E-state index is 13.6. The molecule has 0 fully saturated rings. The first-order valence-corrected chi connectivity index (χ1v) is 10.4. The molecule has 162 valence electrons. The highest BCUT2D eigenvalue weighted by Gasteiger charge is 2.22. The van der Waals surface area contributed by atoms with Gasteiger partial charge in [0.15, 0.2) is 11.5 Å². The van der Waals surface area contributed by atoms with E-state index in [4.69, 9.17) is 9.47 Å². The fourth-order valence-electron chi connectivity index (χ4n) is 3.30. The molecule has 1 amide bonds. The van der Waals surface area contributed by atoms with Gasteiger partial charge in [0.2, 0.25) is 0 Å². The number of amides is 1. The number of carbonyl (C=O) groups excluding carboxylic acids is 1. The standard InChI is InChI=1S/C26H28FNO3/c1-4-19(2)28(26(29)22-11-8-12-23(27)16-22)17-21-13-14-24(25(15-21)30-3)31-18-20-9-6-5-7-10-20/h5-16,19H,4,17-18H2,1-3H3. The first-order chi connectivity index (χ1) is 15.0. The molecule has 0 aliphatic carbocycles. The predicted octanol–water partition coefficient (Wildman–Crippen LogP) is 5.85. The zero-order valence-corrected chi connectivity index (χ0v) is 18.2. The Morgan fingerprint density at radius 3 is 2.42 bits per heavy atom. The number of halogens is 1. The minimum absolute atomic E-state index is 0.00392. The van der Waals surface area contributed by atoms with Crippen molar-refractivity contribution in [2.24, 2.45) is 0 Å². The average Bonchev–Trinajstić information content (AvgIpc) is 2.81. The lowest BCUT2D eigenvalue weighted by atomic mass is 10.1. The topological polar surface area (TPSA) is 38.8 Å². The van der Waals surface area contributed by atoms with Crippen molar-refractivity contribution in [3.05, 3.63) is 95.3 Å². The van der Waals surface area contributed by atoms with E-state index in [0.717, 1.165) is 17.5 Å². The first-order valence-electron chi connectivity index (χ1n) is 10.4. The van der Waals surface area contributed by atoms with Crippen LogP contribution in [-0.4, -0.2) is 24.0 Å². The van der Waals surface area contributed by atoms with Crippen LogP contribution in [0.2, 0.25) is 0 Å². The average molecular weight is 422 g/mol. The molecule has 0 spiro atoms. The Labute approximate surface area is 183 Å². The van der Waals surface area contributed by atoms with Gasteiger partial charge in [-0.2, -0.15) is 0 Å². The third kappa shape index (κ3) is 5.85. The summed E-state index contributed by atoms with van der Waals surface area (Å²) in [5.74, 6) is 0.631. The molecule has 0 aromatic heterocycles. The van der Waals surface area contributed by atoms with E-state index in [9.17, 15) is 9.18 Å². The van der Waals surface area contributed by atoms with Crippen molar-refractivity contribution in [1.82, 2.24) is 4.90 Å². The summed E-state index contributed by atoms with van der Waals surface area (Å²) in [6.07, 6.45) is 0.788. The summed E-state index contributed by atoms with van der Waals surface area (Å²) in [6.45, 7) is 4.84. The molecule has 1 atom stereocenters. The Kier molecular flexibility index (Phi) is 7.65. The molecule has 0 saturated heterocycles. The van der Waals surface area contributed by atoms with Gasteiger partial charge in [-0.3, -0.25) is 4.79 Å². The van der Waals surface area contributed by atoms with Gasteiger partial charge in [0.1, 0.15) is 12.4 Å². The van der Waals surface area contributed by atoms with Crippen LogP contribution in [0.4, 0.5) is 4.39 Å². The van der Waals surface area contributed by atoms with Crippen molar-refractivity contribution < 1.29 is 18.7 Å². The van der Waals surface area contributed by atoms with E-state index in [2.05, 4.69) is 0 Å². The fourth-order valence-corrected chi connectivity index (χ4v) is 3.30. The molecule has 0 radical (unpaired) electrons. The maximum Gasteiger partial charge on any atom is 0.254 e. The van der Waals surface area contributed by atoms with Crippen LogP contribution in [0.5, 0.6) is 11.5 Å². The van der Waals surface area contributed by atoms with Gasteiger partial charge in [-0.15, -0.1) is 0 Å². The molecule has 31 heavy (non-hydrogen) atoms. The van der Waals surface area contributed by atoms with Gasteiger partial charge in [0.25, 0.3) is 5.91 Å². The van der Waals surface area contributed by atoms with Gasteiger partial charge >= 0.3 is 0 Å². The molecular weight excluding hydrogens is 393 g/mol. The number of benzene rings is 3. The molecule has 3 aromatic rings. The van der Waals surface area contributed by atoms with E-state index in [1.807, 2.05) is 62.4 Å². The monoisotopic (exact) mass is 421 g/mol. The zero-order valence-electron chi connectivity index (χ0n) is 18.2. The largest absolute Gasteiger partial charge is 0.493 e. The maximum atomic E-state index is 13.6.